The Morgan fingerprint density at radius 3 is 2.24 bits per heavy atom. The van der Waals surface area contributed by atoms with Gasteiger partial charge in [0.15, 0.2) is 15.4 Å². The van der Waals surface area contributed by atoms with Gasteiger partial charge in [-0.05, 0) is 64.9 Å². The van der Waals surface area contributed by atoms with Crippen molar-refractivity contribution in [1.82, 2.24) is 20.2 Å². The lowest BCUT2D eigenvalue weighted by Crippen LogP contribution is -2.76. The van der Waals surface area contributed by atoms with Gasteiger partial charge in [0, 0.05) is 35.8 Å². The molecule has 1 N–H and O–H groups in total. The van der Waals surface area contributed by atoms with Gasteiger partial charge in [-0.15, -0.1) is 5.10 Å². The van der Waals surface area contributed by atoms with Crippen LogP contribution in [-0.2, 0) is 27.4 Å². The molecule has 0 amide bonds. The van der Waals surface area contributed by atoms with Gasteiger partial charge in [0.05, 0.1) is 18.1 Å². The Morgan fingerprint density at radius 1 is 1.00 bits per heavy atom. The molecule has 2 bridgehead atoms. The summed E-state index contributed by atoms with van der Waals surface area (Å²) in [5.41, 5.74) is -4.03. The number of anilines is 1. The number of alkyl halides is 2. The predicted molar refractivity (Wildman–Crippen MR) is 128 cm³/mol. The molecule has 0 radical (unpaired) electrons. The second kappa shape index (κ2) is 8.22. The van der Waals surface area contributed by atoms with Crippen LogP contribution < -0.4 is 4.90 Å². The highest BCUT2D eigenvalue weighted by atomic mass is 32.2. The Kier molecular flexibility index (Phi) is 5.46. The zero-order valence-corrected chi connectivity index (χ0v) is 21.0. The van der Waals surface area contributed by atoms with Crippen LogP contribution in [0.5, 0.6) is 0 Å². The molecule has 38 heavy (non-hydrogen) atoms. The molecule has 1 saturated heterocycles. The molecule has 2 aromatic carbocycles. The maximum absolute atomic E-state index is 16.3. The summed E-state index contributed by atoms with van der Waals surface area (Å²) in [5.74, 6) is -5.82. The molecule has 1 aliphatic heterocycles. The zero-order valence-electron chi connectivity index (χ0n) is 20.2. The smallest absolute Gasteiger partial charge is 0.287 e. The van der Waals surface area contributed by atoms with Gasteiger partial charge in [0.25, 0.3) is 5.92 Å². The van der Waals surface area contributed by atoms with E-state index in [-0.39, 0.29) is 30.8 Å². The summed E-state index contributed by atoms with van der Waals surface area (Å²) in [6.45, 7) is -0.00545. The summed E-state index contributed by atoms with van der Waals surface area (Å²) in [5, 5.41) is 21.9. The summed E-state index contributed by atoms with van der Waals surface area (Å²) < 4.78 is 85.3. The van der Waals surface area contributed by atoms with Crippen molar-refractivity contribution in [3.8, 4) is 0 Å². The number of tetrazole rings is 1. The standard InChI is InChI=1S/C25H25F4N5O3S/c26-18-3-6-20(21(27)11-18)24(35,15-34-16-30-31-32-34)25(28,29)23-12-22(13-23,14-23)17-1-4-19(5-2-17)33-7-9-38(36,37)10-8-33/h1-6,11,16,35H,7-10,12-15H2/t22?,23?,24-/m0/s1. The third-order valence-corrected chi connectivity index (χ3v) is 10.2. The minimum absolute atomic E-state index is 0.0923. The number of hydrogen-bond donors (Lipinski definition) is 1. The normalized spacial score (nSPS) is 27.8. The lowest BCUT2D eigenvalue weighted by atomic mass is 9.30. The summed E-state index contributed by atoms with van der Waals surface area (Å²) in [6, 6.07) is 9.66. The molecular formula is C25H25F4N5O3S. The van der Waals surface area contributed by atoms with Crippen LogP contribution in [0.1, 0.15) is 30.4 Å². The van der Waals surface area contributed by atoms with E-state index in [1.54, 1.807) is 0 Å². The Hall–Kier alpha value is -3.06. The Bertz CT molecular complexity index is 1450. The Balaban J connectivity index is 1.24. The van der Waals surface area contributed by atoms with E-state index in [1.807, 2.05) is 29.2 Å². The van der Waals surface area contributed by atoms with Crippen molar-refractivity contribution in [3.63, 3.8) is 0 Å². The molecule has 1 atom stereocenters. The number of nitrogens with zero attached hydrogens (tertiary/aromatic N) is 5. The van der Waals surface area contributed by atoms with Crippen LogP contribution in [-0.4, -0.2) is 64.2 Å². The molecule has 3 aliphatic carbocycles. The van der Waals surface area contributed by atoms with Gasteiger partial charge in [-0.2, -0.15) is 0 Å². The van der Waals surface area contributed by atoms with Gasteiger partial charge in [0.2, 0.25) is 0 Å². The molecule has 7 rings (SSSR count). The zero-order chi connectivity index (χ0) is 27.0. The van der Waals surface area contributed by atoms with E-state index in [2.05, 4.69) is 15.5 Å². The lowest BCUT2D eigenvalue weighted by molar-refractivity contribution is -0.347. The van der Waals surface area contributed by atoms with Crippen molar-refractivity contribution < 1.29 is 31.1 Å². The second-order valence-electron chi connectivity index (χ2n) is 10.8. The third-order valence-electron chi connectivity index (χ3n) is 8.56. The summed E-state index contributed by atoms with van der Waals surface area (Å²) >= 11 is 0. The molecule has 8 nitrogen and oxygen atoms in total. The van der Waals surface area contributed by atoms with Crippen molar-refractivity contribution in [2.45, 2.75) is 42.7 Å². The molecule has 1 aromatic heterocycles. The number of benzene rings is 2. The van der Waals surface area contributed by atoms with E-state index in [0.717, 1.165) is 34.4 Å². The minimum Gasteiger partial charge on any atom is -0.377 e. The fraction of sp³-hybridized carbons (Fsp3) is 0.480. The quantitative estimate of drug-likeness (QED) is 0.451. The van der Waals surface area contributed by atoms with Crippen LogP contribution in [0.3, 0.4) is 0 Å². The van der Waals surface area contributed by atoms with Crippen molar-refractivity contribution in [3.05, 3.63) is 71.6 Å². The molecule has 2 heterocycles. The van der Waals surface area contributed by atoms with Crippen LogP contribution in [0.15, 0.2) is 48.8 Å². The van der Waals surface area contributed by atoms with Crippen molar-refractivity contribution in [2.24, 2.45) is 5.41 Å². The average Bonchev–Trinajstić information content (AvgIpc) is 3.30. The van der Waals surface area contributed by atoms with E-state index in [4.69, 9.17) is 0 Å². The summed E-state index contributed by atoms with van der Waals surface area (Å²) in [7, 11) is -3.01. The number of aliphatic hydroxyl groups is 1. The first-order valence-electron chi connectivity index (χ1n) is 12.2. The van der Waals surface area contributed by atoms with Gasteiger partial charge >= 0.3 is 0 Å². The van der Waals surface area contributed by atoms with Crippen LogP contribution in [0.2, 0.25) is 0 Å². The number of hydrogen-bond acceptors (Lipinski definition) is 7. The third kappa shape index (κ3) is 3.65. The fourth-order valence-corrected chi connectivity index (χ4v) is 7.73. The monoisotopic (exact) mass is 551 g/mol. The lowest BCUT2D eigenvalue weighted by Gasteiger charge is -2.74. The van der Waals surface area contributed by atoms with Crippen molar-refractivity contribution in [1.29, 1.82) is 0 Å². The van der Waals surface area contributed by atoms with E-state index in [9.17, 15) is 22.3 Å². The first-order chi connectivity index (χ1) is 17.9. The number of aromatic nitrogens is 4. The highest BCUT2D eigenvalue weighted by Gasteiger charge is 2.82. The van der Waals surface area contributed by atoms with E-state index in [1.165, 1.54) is 0 Å². The first kappa shape index (κ1) is 25.2. The molecule has 4 fully saturated rings. The second-order valence-corrected chi connectivity index (χ2v) is 13.1. The maximum atomic E-state index is 16.3. The number of sulfone groups is 1. The number of halogens is 4. The maximum Gasteiger partial charge on any atom is 0.287 e. The molecule has 3 saturated carbocycles. The molecule has 0 unspecified atom stereocenters. The average molecular weight is 552 g/mol. The topological polar surface area (TPSA) is 101 Å². The molecule has 4 aliphatic rings. The van der Waals surface area contributed by atoms with Gasteiger partial charge in [-0.25, -0.2) is 30.7 Å². The SMILES string of the molecule is O=S1(=O)CCN(c2ccc(C34CC(C(F)(F)[C@](O)(Cn5cnnn5)c5ccc(F)cc5F)(C3)C4)cc2)CC1. The molecule has 3 aromatic rings. The van der Waals surface area contributed by atoms with Crippen LogP contribution in [0.4, 0.5) is 23.2 Å². The summed E-state index contributed by atoms with van der Waals surface area (Å²) in [4.78, 5) is 1.98. The van der Waals surface area contributed by atoms with Crippen LogP contribution >= 0.6 is 0 Å². The largest absolute Gasteiger partial charge is 0.377 e. The van der Waals surface area contributed by atoms with Gasteiger partial charge in [-0.3, -0.25) is 0 Å². The molecular weight excluding hydrogens is 526 g/mol. The number of rotatable bonds is 7. The Morgan fingerprint density at radius 2 is 1.66 bits per heavy atom. The Labute approximate surface area is 216 Å². The molecule has 202 valence electrons. The van der Waals surface area contributed by atoms with Gasteiger partial charge in [-0.1, -0.05) is 12.1 Å². The van der Waals surface area contributed by atoms with Crippen LogP contribution in [0, 0.1) is 17.0 Å². The van der Waals surface area contributed by atoms with Gasteiger partial charge in [0.1, 0.15) is 18.0 Å². The van der Waals surface area contributed by atoms with E-state index < -0.39 is 55.9 Å². The van der Waals surface area contributed by atoms with Crippen LogP contribution in [0.25, 0.3) is 0 Å². The summed E-state index contributed by atoms with van der Waals surface area (Å²) in [6.07, 6.45) is 1.32. The fourth-order valence-electron chi connectivity index (χ4n) is 6.53. The predicted octanol–water partition coefficient (Wildman–Crippen LogP) is 2.83. The molecule has 0 spiro atoms. The van der Waals surface area contributed by atoms with E-state index in [0.29, 0.717) is 19.2 Å². The first-order valence-corrected chi connectivity index (χ1v) is 14.0. The van der Waals surface area contributed by atoms with Crippen molar-refractivity contribution >= 4 is 15.5 Å². The minimum atomic E-state index is -3.79. The van der Waals surface area contributed by atoms with Crippen molar-refractivity contribution in [2.75, 3.05) is 29.5 Å². The highest BCUT2D eigenvalue weighted by Crippen LogP contribution is 2.80. The van der Waals surface area contributed by atoms with E-state index >= 15 is 8.78 Å². The molecule has 13 heteroatoms. The van der Waals surface area contributed by atoms with Gasteiger partial charge < -0.3 is 10.0 Å². The highest BCUT2D eigenvalue weighted by molar-refractivity contribution is 7.91.